The fraction of sp³-hybridized carbons (Fsp3) is 0.778. The Morgan fingerprint density at radius 3 is 2.60 bits per heavy atom. The third-order valence-corrected chi connectivity index (χ3v) is 5.44. The van der Waals surface area contributed by atoms with Gasteiger partial charge in [0.25, 0.3) is 0 Å². The Balaban J connectivity index is 1.69. The highest BCUT2D eigenvalue weighted by Crippen LogP contribution is 2.46. The van der Waals surface area contributed by atoms with Crippen molar-refractivity contribution in [1.82, 2.24) is 5.32 Å². The van der Waals surface area contributed by atoms with Gasteiger partial charge >= 0.3 is 0 Å². The van der Waals surface area contributed by atoms with Crippen molar-refractivity contribution in [1.29, 1.82) is 0 Å². The Morgan fingerprint density at radius 1 is 1.20 bits per heavy atom. The van der Waals surface area contributed by atoms with Gasteiger partial charge in [-0.3, -0.25) is 0 Å². The van der Waals surface area contributed by atoms with E-state index >= 15 is 0 Å². The third kappa shape index (κ3) is 3.28. The van der Waals surface area contributed by atoms with Gasteiger partial charge in [-0.25, -0.2) is 0 Å². The zero-order valence-electron chi connectivity index (χ0n) is 13.2. The van der Waals surface area contributed by atoms with Crippen LogP contribution in [0.4, 0.5) is 0 Å². The van der Waals surface area contributed by atoms with E-state index < -0.39 is 0 Å². The van der Waals surface area contributed by atoms with E-state index in [-0.39, 0.29) is 0 Å². The molecule has 2 saturated carbocycles. The van der Waals surface area contributed by atoms with Crippen LogP contribution in [-0.2, 0) is 0 Å². The molecule has 0 aromatic carbocycles. The van der Waals surface area contributed by atoms with Gasteiger partial charge in [0, 0.05) is 6.04 Å². The summed E-state index contributed by atoms with van der Waals surface area (Å²) in [5.74, 6) is 2.30. The highest BCUT2D eigenvalue weighted by molar-refractivity contribution is 5.16. The summed E-state index contributed by atoms with van der Waals surface area (Å²) in [5, 5.41) is 3.74. The lowest BCUT2D eigenvalue weighted by molar-refractivity contribution is 0.129. The summed E-state index contributed by atoms with van der Waals surface area (Å²) in [6.07, 6.45) is 10.6. The molecular weight excluding hydrogens is 246 g/mol. The first-order chi connectivity index (χ1) is 9.54. The summed E-state index contributed by atoms with van der Waals surface area (Å²) in [5.41, 5.74) is 1.85. The molecule has 0 spiro atoms. The number of nitrogens with one attached hydrogen (secondary N) is 1. The van der Waals surface area contributed by atoms with Gasteiger partial charge < -0.3 is 9.73 Å². The number of rotatable bonds is 4. The number of furan rings is 1. The van der Waals surface area contributed by atoms with Crippen LogP contribution >= 0.6 is 0 Å². The quantitative estimate of drug-likeness (QED) is 0.870. The number of hydrogen-bond donors (Lipinski definition) is 1. The average molecular weight is 275 g/mol. The molecule has 3 atom stereocenters. The zero-order valence-corrected chi connectivity index (χ0v) is 13.2. The first-order valence-corrected chi connectivity index (χ1v) is 8.29. The zero-order chi connectivity index (χ0) is 14.2. The summed E-state index contributed by atoms with van der Waals surface area (Å²) in [4.78, 5) is 0. The van der Waals surface area contributed by atoms with E-state index in [0.29, 0.717) is 11.3 Å². The molecule has 1 heterocycles. The molecular formula is C18H29NO. The van der Waals surface area contributed by atoms with E-state index in [2.05, 4.69) is 32.2 Å². The second-order valence-corrected chi connectivity index (χ2v) is 7.98. The van der Waals surface area contributed by atoms with E-state index in [9.17, 15) is 0 Å². The lowest BCUT2D eigenvalue weighted by Crippen LogP contribution is -2.36. The van der Waals surface area contributed by atoms with Crippen molar-refractivity contribution in [3.05, 3.63) is 24.2 Å². The fourth-order valence-electron chi connectivity index (χ4n) is 3.76. The SMILES string of the molecule is CC(C)(C)C1CCC(CNC2CC2)C(c2ccoc2)C1. The summed E-state index contributed by atoms with van der Waals surface area (Å²) in [7, 11) is 0. The molecule has 20 heavy (non-hydrogen) atoms. The van der Waals surface area contributed by atoms with Crippen LogP contribution in [0, 0.1) is 17.3 Å². The lowest BCUT2D eigenvalue weighted by atomic mass is 9.64. The second-order valence-electron chi connectivity index (χ2n) is 7.98. The van der Waals surface area contributed by atoms with Crippen LogP contribution in [0.2, 0.25) is 0 Å². The molecule has 112 valence electrons. The maximum absolute atomic E-state index is 5.35. The van der Waals surface area contributed by atoms with E-state index in [1.54, 1.807) is 0 Å². The predicted octanol–water partition coefficient (Wildman–Crippen LogP) is 4.58. The van der Waals surface area contributed by atoms with Gasteiger partial charge in [-0.05, 0) is 73.4 Å². The van der Waals surface area contributed by atoms with Crippen LogP contribution in [0.5, 0.6) is 0 Å². The van der Waals surface area contributed by atoms with Gasteiger partial charge in [-0.15, -0.1) is 0 Å². The average Bonchev–Trinajstić information content (AvgIpc) is 3.07. The molecule has 2 fully saturated rings. The van der Waals surface area contributed by atoms with E-state index in [1.165, 1.54) is 44.2 Å². The standard InChI is InChI=1S/C18H29NO/c1-18(2,3)15-5-4-13(11-19-16-6-7-16)17(10-15)14-8-9-20-12-14/h8-9,12-13,15-17,19H,4-7,10-11H2,1-3H3. The van der Waals surface area contributed by atoms with E-state index in [4.69, 9.17) is 4.42 Å². The molecule has 1 N–H and O–H groups in total. The first kappa shape index (κ1) is 14.2. The van der Waals surface area contributed by atoms with Crippen LogP contribution in [0.25, 0.3) is 0 Å². The molecule has 2 heteroatoms. The maximum Gasteiger partial charge on any atom is 0.0937 e. The van der Waals surface area contributed by atoms with E-state index in [0.717, 1.165) is 17.9 Å². The Hall–Kier alpha value is -0.760. The Labute approximate surface area is 123 Å². The minimum absolute atomic E-state index is 0.427. The molecule has 3 rings (SSSR count). The molecule has 2 aliphatic rings. The van der Waals surface area contributed by atoms with Gasteiger partial charge in [0.2, 0.25) is 0 Å². The largest absolute Gasteiger partial charge is 0.472 e. The Morgan fingerprint density at radius 2 is 2.00 bits per heavy atom. The van der Waals surface area contributed by atoms with Crippen molar-refractivity contribution in [2.24, 2.45) is 17.3 Å². The maximum atomic E-state index is 5.35. The highest BCUT2D eigenvalue weighted by Gasteiger charge is 2.37. The summed E-state index contributed by atoms with van der Waals surface area (Å²) in [6, 6.07) is 3.00. The summed E-state index contributed by atoms with van der Waals surface area (Å²) >= 11 is 0. The van der Waals surface area contributed by atoms with Crippen molar-refractivity contribution in [3.63, 3.8) is 0 Å². The van der Waals surface area contributed by atoms with Crippen LogP contribution in [0.15, 0.2) is 23.0 Å². The van der Waals surface area contributed by atoms with Crippen molar-refractivity contribution < 1.29 is 4.42 Å². The minimum atomic E-state index is 0.427. The van der Waals surface area contributed by atoms with Crippen LogP contribution < -0.4 is 5.32 Å². The molecule has 2 nitrogen and oxygen atoms in total. The molecule has 1 aromatic heterocycles. The highest BCUT2D eigenvalue weighted by atomic mass is 16.3. The molecule has 2 aliphatic carbocycles. The van der Waals surface area contributed by atoms with Crippen LogP contribution in [0.1, 0.15) is 64.4 Å². The smallest absolute Gasteiger partial charge is 0.0937 e. The molecule has 1 aromatic rings. The van der Waals surface area contributed by atoms with Gasteiger partial charge in [0.15, 0.2) is 0 Å². The van der Waals surface area contributed by atoms with Crippen molar-refractivity contribution in [2.45, 2.75) is 64.8 Å². The molecule has 0 bridgehead atoms. The Kier molecular flexibility index (Phi) is 3.94. The normalized spacial score (nSPS) is 31.4. The number of hydrogen-bond acceptors (Lipinski definition) is 2. The molecule has 0 saturated heterocycles. The molecule has 0 radical (unpaired) electrons. The second kappa shape index (κ2) is 5.55. The van der Waals surface area contributed by atoms with E-state index in [1.807, 2.05) is 12.5 Å². The van der Waals surface area contributed by atoms with Crippen LogP contribution in [0.3, 0.4) is 0 Å². The van der Waals surface area contributed by atoms with Gasteiger partial charge in [0.05, 0.1) is 12.5 Å². The molecule has 3 unspecified atom stereocenters. The Bertz CT molecular complexity index is 413. The molecule has 0 aliphatic heterocycles. The van der Waals surface area contributed by atoms with Crippen molar-refractivity contribution >= 4 is 0 Å². The minimum Gasteiger partial charge on any atom is -0.472 e. The van der Waals surface area contributed by atoms with Crippen molar-refractivity contribution in [3.8, 4) is 0 Å². The third-order valence-electron chi connectivity index (χ3n) is 5.44. The fourth-order valence-corrected chi connectivity index (χ4v) is 3.76. The topological polar surface area (TPSA) is 25.2 Å². The first-order valence-electron chi connectivity index (χ1n) is 8.29. The molecule has 0 amide bonds. The monoisotopic (exact) mass is 275 g/mol. The van der Waals surface area contributed by atoms with Crippen LogP contribution in [-0.4, -0.2) is 12.6 Å². The summed E-state index contributed by atoms with van der Waals surface area (Å²) < 4.78 is 5.35. The lowest BCUT2D eigenvalue weighted by Gasteiger charge is -2.42. The van der Waals surface area contributed by atoms with Gasteiger partial charge in [0.1, 0.15) is 0 Å². The predicted molar refractivity (Wildman–Crippen MR) is 82.8 cm³/mol. The van der Waals surface area contributed by atoms with Crippen molar-refractivity contribution in [2.75, 3.05) is 6.54 Å². The van der Waals surface area contributed by atoms with Gasteiger partial charge in [-0.1, -0.05) is 20.8 Å². The van der Waals surface area contributed by atoms with Gasteiger partial charge in [-0.2, -0.15) is 0 Å². The summed E-state index contributed by atoms with van der Waals surface area (Å²) in [6.45, 7) is 8.38.